The molecule has 1 aliphatic rings. The zero-order valence-electron chi connectivity index (χ0n) is 10.5. The first-order valence-corrected chi connectivity index (χ1v) is 6.81. The van der Waals surface area contributed by atoms with E-state index in [9.17, 15) is 9.59 Å². The summed E-state index contributed by atoms with van der Waals surface area (Å²) in [6, 6.07) is 0. The van der Waals surface area contributed by atoms with Crippen LogP contribution in [0, 0.1) is 0 Å². The van der Waals surface area contributed by atoms with Crippen LogP contribution in [0.2, 0.25) is 0 Å². The van der Waals surface area contributed by atoms with E-state index < -0.39 is 0 Å². The predicted octanol–water partition coefficient (Wildman–Crippen LogP) is 0.852. The standard InChI is InChI=1S/C11H19N3O2S/c1-4-12-9(15)7-8-10(16)14(6-3)11(17-8)13-5-2/h8H,4-7H2,1-3H3,(H,12,15)/t8-/m1/s1. The van der Waals surface area contributed by atoms with E-state index in [-0.39, 0.29) is 23.5 Å². The van der Waals surface area contributed by atoms with Crippen molar-refractivity contribution >= 4 is 28.7 Å². The molecule has 1 aliphatic heterocycles. The molecule has 0 saturated carbocycles. The molecule has 6 heteroatoms. The van der Waals surface area contributed by atoms with Gasteiger partial charge >= 0.3 is 0 Å². The highest BCUT2D eigenvalue weighted by atomic mass is 32.2. The van der Waals surface area contributed by atoms with Gasteiger partial charge < -0.3 is 5.32 Å². The Bertz CT molecular complexity index is 331. The van der Waals surface area contributed by atoms with Gasteiger partial charge in [-0.05, 0) is 20.8 Å². The maximum Gasteiger partial charge on any atom is 0.242 e. The van der Waals surface area contributed by atoms with Gasteiger partial charge in [-0.2, -0.15) is 0 Å². The van der Waals surface area contributed by atoms with Crippen molar-refractivity contribution in [3.8, 4) is 0 Å². The number of carbonyl (C=O) groups is 2. The fraction of sp³-hybridized carbons (Fsp3) is 0.727. The van der Waals surface area contributed by atoms with Crippen molar-refractivity contribution < 1.29 is 9.59 Å². The number of nitrogens with one attached hydrogen (secondary N) is 1. The Morgan fingerprint density at radius 1 is 1.47 bits per heavy atom. The molecule has 17 heavy (non-hydrogen) atoms. The second kappa shape index (κ2) is 6.64. The number of amides is 2. The zero-order valence-corrected chi connectivity index (χ0v) is 11.3. The highest BCUT2D eigenvalue weighted by Crippen LogP contribution is 2.29. The monoisotopic (exact) mass is 257 g/mol. The number of carbonyl (C=O) groups excluding carboxylic acids is 2. The second-order valence-corrected chi connectivity index (χ2v) is 4.77. The van der Waals surface area contributed by atoms with Crippen LogP contribution in [-0.2, 0) is 9.59 Å². The first kappa shape index (κ1) is 14.0. The molecule has 0 aliphatic carbocycles. The van der Waals surface area contributed by atoms with Gasteiger partial charge in [0.15, 0.2) is 5.17 Å². The first-order chi connectivity index (χ1) is 8.13. The minimum Gasteiger partial charge on any atom is -0.356 e. The van der Waals surface area contributed by atoms with E-state index in [1.165, 1.54) is 11.8 Å². The van der Waals surface area contributed by atoms with Gasteiger partial charge in [-0.15, -0.1) is 0 Å². The van der Waals surface area contributed by atoms with Gasteiger partial charge in [-0.25, -0.2) is 0 Å². The molecule has 0 aromatic heterocycles. The molecule has 0 spiro atoms. The van der Waals surface area contributed by atoms with Gasteiger partial charge in [0.1, 0.15) is 5.25 Å². The largest absolute Gasteiger partial charge is 0.356 e. The van der Waals surface area contributed by atoms with Crippen LogP contribution < -0.4 is 5.32 Å². The Morgan fingerprint density at radius 3 is 2.71 bits per heavy atom. The lowest BCUT2D eigenvalue weighted by molar-refractivity contribution is -0.129. The Hall–Kier alpha value is -1.04. The molecule has 1 N–H and O–H groups in total. The third-order valence-corrected chi connectivity index (χ3v) is 3.59. The smallest absolute Gasteiger partial charge is 0.242 e. The van der Waals surface area contributed by atoms with Crippen molar-refractivity contribution in [3.05, 3.63) is 0 Å². The van der Waals surface area contributed by atoms with Crippen LogP contribution >= 0.6 is 11.8 Å². The molecule has 0 aromatic carbocycles. The van der Waals surface area contributed by atoms with Crippen LogP contribution in [0.15, 0.2) is 4.99 Å². The lowest BCUT2D eigenvalue weighted by Gasteiger charge is -2.12. The number of amidine groups is 1. The molecule has 1 heterocycles. The summed E-state index contributed by atoms with van der Waals surface area (Å²) in [6.07, 6.45) is 0.233. The van der Waals surface area contributed by atoms with Crippen molar-refractivity contribution in [2.75, 3.05) is 19.6 Å². The average Bonchev–Trinajstić information content (AvgIpc) is 2.56. The normalized spacial score (nSPS) is 22.3. The summed E-state index contributed by atoms with van der Waals surface area (Å²) in [5, 5.41) is 3.14. The maximum atomic E-state index is 12.0. The molecule has 1 atom stereocenters. The van der Waals surface area contributed by atoms with E-state index in [1.807, 2.05) is 20.8 Å². The van der Waals surface area contributed by atoms with Crippen molar-refractivity contribution in [1.29, 1.82) is 0 Å². The average molecular weight is 257 g/mol. The number of hydrogen-bond acceptors (Lipinski definition) is 4. The molecule has 1 fully saturated rings. The number of rotatable bonds is 5. The summed E-state index contributed by atoms with van der Waals surface area (Å²) < 4.78 is 0. The van der Waals surface area contributed by atoms with Crippen molar-refractivity contribution in [3.63, 3.8) is 0 Å². The third kappa shape index (κ3) is 3.46. The lowest BCUT2D eigenvalue weighted by atomic mass is 10.2. The predicted molar refractivity (Wildman–Crippen MR) is 70.0 cm³/mol. The van der Waals surface area contributed by atoms with E-state index in [0.717, 1.165) is 5.17 Å². The molecule has 0 aromatic rings. The van der Waals surface area contributed by atoms with E-state index in [0.29, 0.717) is 19.6 Å². The van der Waals surface area contributed by atoms with Gasteiger partial charge in [0.05, 0.1) is 0 Å². The van der Waals surface area contributed by atoms with Gasteiger partial charge in [0.2, 0.25) is 11.8 Å². The van der Waals surface area contributed by atoms with Gasteiger partial charge in [-0.3, -0.25) is 19.5 Å². The molecule has 96 valence electrons. The summed E-state index contributed by atoms with van der Waals surface area (Å²) in [7, 11) is 0. The molecule has 1 rings (SSSR count). The van der Waals surface area contributed by atoms with Gasteiger partial charge in [0.25, 0.3) is 0 Å². The molecule has 2 amide bonds. The van der Waals surface area contributed by atoms with Crippen molar-refractivity contribution in [2.45, 2.75) is 32.4 Å². The van der Waals surface area contributed by atoms with Crippen LogP contribution in [0.4, 0.5) is 0 Å². The molecule has 1 saturated heterocycles. The first-order valence-electron chi connectivity index (χ1n) is 5.93. The number of hydrogen-bond donors (Lipinski definition) is 1. The maximum absolute atomic E-state index is 12.0. The minimum atomic E-state index is -0.313. The Morgan fingerprint density at radius 2 is 2.18 bits per heavy atom. The number of aliphatic imine (C=N–C) groups is 1. The number of thioether (sulfide) groups is 1. The summed E-state index contributed by atoms with van der Waals surface area (Å²) in [6.45, 7) is 7.57. The molecule has 0 unspecified atom stereocenters. The summed E-state index contributed by atoms with van der Waals surface area (Å²) >= 11 is 1.40. The van der Waals surface area contributed by atoms with Gasteiger partial charge in [0, 0.05) is 26.1 Å². The topological polar surface area (TPSA) is 61.8 Å². The molecule has 0 radical (unpaired) electrons. The fourth-order valence-corrected chi connectivity index (χ4v) is 2.89. The van der Waals surface area contributed by atoms with Crippen molar-refractivity contribution in [2.24, 2.45) is 4.99 Å². The quantitative estimate of drug-likeness (QED) is 0.794. The zero-order chi connectivity index (χ0) is 12.8. The third-order valence-electron chi connectivity index (χ3n) is 2.37. The Kier molecular flexibility index (Phi) is 5.47. The summed E-state index contributed by atoms with van der Waals surface area (Å²) in [5.41, 5.74) is 0. The van der Waals surface area contributed by atoms with Crippen molar-refractivity contribution in [1.82, 2.24) is 10.2 Å². The van der Waals surface area contributed by atoms with E-state index in [2.05, 4.69) is 10.3 Å². The molecule has 0 bridgehead atoms. The Balaban J connectivity index is 2.68. The highest BCUT2D eigenvalue weighted by Gasteiger charge is 2.37. The van der Waals surface area contributed by atoms with Crippen LogP contribution in [0.1, 0.15) is 27.2 Å². The fourth-order valence-electron chi connectivity index (χ4n) is 1.63. The second-order valence-electron chi connectivity index (χ2n) is 3.60. The van der Waals surface area contributed by atoms with Crippen LogP contribution in [-0.4, -0.2) is 46.8 Å². The number of nitrogens with zero attached hydrogens (tertiary/aromatic N) is 2. The summed E-state index contributed by atoms with van der Waals surface area (Å²) in [5.74, 6) is -0.0805. The Labute approximate surface area is 106 Å². The molecule has 5 nitrogen and oxygen atoms in total. The van der Waals surface area contributed by atoms with E-state index in [4.69, 9.17) is 0 Å². The lowest BCUT2D eigenvalue weighted by Crippen LogP contribution is -2.34. The van der Waals surface area contributed by atoms with Crippen LogP contribution in [0.25, 0.3) is 0 Å². The summed E-state index contributed by atoms with van der Waals surface area (Å²) in [4.78, 5) is 29.4. The SMILES string of the molecule is CCN=C1S[C@H](CC(=O)NCC)C(=O)N1CC. The van der Waals surface area contributed by atoms with Gasteiger partial charge in [-0.1, -0.05) is 11.8 Å². The van der Waals surface area contributed by atoms with E-state index in [1.54, 1.807) is 4.90 Å². The van der Waals surface area contributed by atoms with Crippen LogP contribution in [0.3, 0.4) is 0 Å². The van der Waals surface area contributed by atoms with E-state index >= 15 is 0 Å². The molecular weight excluding hydrogens is 238 g/mol. The minimum absolute atomic E-state index is 0.00375. The highest BCUT2D eigenvalue weighted by molar-refractivity contribution is 8.15. The van der Waals surface area contributed by atoms with Crippen LogP contribution in [0.5, 0.6) is 0 Å². The molecular formula is C11H19N3O2S.